The summed E-state index contributed by atoms with van der Waals surface area (Å²) in [6.07, 6.45) is 1.09. The molecular weight excluding hydrogens is 298 g/mol. The van der Waals surface area contributed by atoms with E-state index in [1.54, 1.807) is 0 Å². The van der Waals surface area contributed by atoms with Crippen molar-refractivity contribution in [1.29, 1.82) is 0 Å². The van der Waals surface area contributed by atoms with Gasteiger partial charge in [-0.15, -0.1) is 11.5 Å². The smallest absolute Gasteiger partial charge is 0.327 e. The highest BCUT2D eigenvalue weighted by Crippen LogP contribution is 2.35. The van der Waals surface area contributed by atoms with Crippen LogP contribution in [-0.2, 0) is 14.3 Å². The molecule has 1 saturated heterocycles. The van der Waals surface area contributed by atoms with Crippen molar-refractivity contribution in [2.45, 2.75) is 70.3 Å². The highest BCUT2D eigenvalue weighted by Gasteiger charge is 2.34. The van der Waals surface area contributed by atoms with Crippen molar-refractivity contribution in [3.8, 4) is 11.5 Å². The fourth-order valence-corrected chi connectivity index (χ4v) is 2.73. The zero-order chi connectivity index (χ0) is 17.0. The van der Waals surface area contributed by atoms with Crippen molar-refractivity contribution in [3.05, 3.63) is 0 Å². The number of hydrogen-bond acceptors (Lipinski definition) is 3. The molecule has 0 radical (unpaired) electrons. The fraction of sp³-hybridized carbons (Fsp3) is 0.750. The van der Waals surface area contributed by atoms with E-state index in [-0.39, 0.29) is 17.4 Å². The lowest BCUT2D eigenvalue weighted by molar-refractivity contribution is -0.143. The molecule has 0 saturated carbocycles. The maximum Gasteiger partial charge on any atom is 0.327 e. The highest BCUT2D eigenvalue weighted by atomic mass is 28.3. The Bertz CT molecular complexity index is 479. The van der Waals surface area contributed by atoms with E-state index in [0.717, 1.165) is 6.42 Å². The fourth-order valence-electron chi connectivity index (χ4n) is 1.81. The maximum absolute atomic E-state index is 11.9. The van der Waals surface area contributed by atoms with Gasteiger partial charge in [-0.1, -0.05) is 33.9 Å². The number of ether oxygens (including phenoxy) is 1. The summed E-state index contributed by atoms with van der Waals surface area (Å²) in [7, 11) is -1.76. The second kappa shape index (κ2) is 7.29. The standard InChI is InChI=1S/C16H27NO4Si/c1-16(2,3)22(4,5)11-7-8-12(15(19)20)17-14(18)13-9-6-10-21-13/h12-13H,6,8-10H2,1-5H3,(H,17,18)(H,19,20)/t12-,13+/m1/s1. The van der Waals surface area contributed by atoms with Crippen LogP contribution in [0.5, 0.6) is 0 Å². The topological polar surface area (TPSA) is 75.6 Å². The summed E-state index contributed by atoms with van der Waals surface area (Å²) >= 11 is 0. The van der Waals surface area contributed by atoms with Gasteiger partial charge in [0.25, 0.3) is 0 Å². The van der Waals surface area contributed by atoms with Crippen molar-refractivity contribution in [2.24, 2.45) is 0 Å². The molecule has 0 aromatic carbocycles. The van der Waals surface area contributed by atoms with Gasteiger partial charge >= 0.3 is 5.97 Å². The van der Waals surface area contributed by atoms with E-state index in [4.69, 9.17) is 4.74 Å². The van der Waals surface area contributed by atoms with Gasteiger partial charge in [-0.3, -0.25) is 4.79 Å². The molecule has 1 rings (SSSR count). The molecule has 2 atom stereocenters. The molecule has 0 unspecified atom stereocenters. The monoisotopic (exact) mass is 325 g/mol. The quantitative estimate of drug-likeness (QED) is 0.613. The zero-order valence-electron chi connectivity index (χ0n) is 14.2. The van der Waals surface area contributed by atoms with Crippen molar-refractivity contribution in [1.82, 2.24) is 5.32 Å². The van der Waals surface area contributed by atoms with E-state index >= 15 is 0 Å². The van der Waals surface area contributed by atoms with Gasteiger partial charge in [0.05, 0.1) is 0 Å². The summed E-state index contributed by atoms with van der Waals surface area (Å²) in [5.41, 5.74) is 3.27. The number of carbonyl (C=O) groups excluding carboxylic acids is 1. The number of carbonyl (C=O) groups is 2. The Kier molecular flexibility index (Phi) is 6.21. The Labute approximate surface area is 133 Å². The summed E-state index contributed by atoms with van der Waals surface area (Å²) in [6.45, 7) is 11.4. The molecule has 6 heteroatoms. The molecular formula is C16H27NO4Si. The largest absolute Gasteiger partial charge is 0.480 e. The third-order valence-electron chi connectivity index (χ3n) is 4.42. The van der Waals surface area contributed by atoms with Gasteiger partial charge in [0.2, 0.25) is 5.91 Å². The molecule has 0 spiro atoms. The van der Waals surface area contributed by atoms with Gasteiger partial charge in [0.1, 0.15) is 20.2 Å². The van der Waals surface area contributed by atoms with Crippen LogP contribution >= 0.6 is 0 Å². The Morgan fingerprint density at radius 1 is 1.41 bits per heavy atom. The van der Waals surface area contributed by atoms with E-state index in [1.807, 2.05) is 0 Å². The molecule has 5 nitrogen and oxygen atoms in total. The molecule has 0 aliphatic carbocycles. The lowest BCUT2D eigenvalue weighted by atomic mass is 10.2. The number of carboxylic acids is 1. The van der Waals surface area contributed by atoms with Crippen LogP contribution in [0.25, 0.3) is 0 Å². The summed E-state index contributed by atoms with van der Waals surface area (Å²) < 4.78 is 5.26. The summed E-state index contributed by atoms with van der Waals surface area (Å²) in [5, 5.41) is 11.9. The van der Waals surface area contributed by atoms with Crippen molar-refractivity contribution in [3.63, 3.8) is 0 Å². The first kappa shape index (κ1) is 18.7. The molecule has 124 valence electrons. The Morgan fingerprint density at radius 3 is 2.50 bits per heavy atom. The Hall–Kier alpha value is -1.32. The molecule has 1 heterocycles. The zero-order valence-corrected chi connectivity index (χ0v) is 15.2. The number of aliphatic carboxylic acids is 1. The molecule has 0 bridgehead atoms. The minimum atomic E-state index is -1.76. The first-order valence-corrected chi connectivity index (χ1v) is 10.7. The van der Waals surface area contributed by atoms with Crippen LogP contribution in [0.4, 0.5) is 0 Å². The molecule has 1 fully saturated rings. The van der Waals surface area contributed by atoms with E-state index in [2.05, 4.69) is 50.6 Å². The predicted molar refractivity (Wildman–Crippen MR) is 88.1 cm³/mol. The van der Waals surface area contributed by atoms with Crippen molar-refractivity contribution in [2.75, 3.05) is 6.61 Å². The molecule has 1 amide bonds. The first-order chi connectivity index (χ1) is 10.0. The average molecular weight is 325 g/mol. The molecule has 0 aromatic heterocycles. The average Bonchev–Trinajstić information content (AvgIpc) is 2.89. The lowest BCUT2D eigenvalue weighted by Crippen LogP contribution is -2.45. The van der Waals surface area contributed by atoms with Crippen LogP contribution in [0.1, 0.15) is 40.0 Å². The van der Waals surface area contributed by atoms with E-state index in [1.165, 1.54) is 0 Å². The number of rotatable bonds is 4. The first-order valence-electron chi connectivity index (χ1n) is 7.69. The maximum atomic E-state index is 11.9. The molecule has 1 aliphatic heterocycles. The normalized spacial score (nSPS) is 20.0. The number of carboxylic acid groups (broad SMARTS) is 1. The summed E-state index contributed by atoms with van der Waals surface area (Å²) in [4.78, 5) is 23.2. The van der Waals surface area contributed by atoms with Crippen LogP contribution in [0, 0.1) is 11.5 Å². The van der Waals surface area contributed by atoms with E-state index in [0.29, 0.717) is 13.0 Å². The Balaban J connectivity index is 2.66. The van der Waals surface area contributed by atoms with Gasteiger partial charge < -0.3 is 15.2 Å². The second-order valence-electron chi connectivity index (χ2n) is 7.28. The van der Waals surface area contributed by atoms with Crippen LogP contribution < -0.4 is 5.32 Å². The number of nitrogens with one attached hydrogen (secondary N) is 1. The third kappa shape index (κ3) is 5.15. The lowest BCUT2D eigenvalue weighted by Gasteiger charge is -2.31. The summed E-state index contributed by atoms with van der Waals surface area (Å²) in [6, 6.07) is -0.978. The molecule has 2 N–H and O–H groups in total. The van der Waals surface area contributed by atoms with Crippen LogP contribution in [0.3, 0.4) is 0 Å². The third-order valence-corrected chi connectivity index (χ3v) is 8.97. The second-order valence-corrected chi connectivity index (χ2v) is 12.3. The van der Waals surface area contributed by atoms with Gasteiger partial charge in [0.15, 0.2) is 0 Å². The van der Waals surface area contributed by atoms with Gasteiger partial charge in [-0.05, 0) is 17.9 Å². The van der Waals surface area contributed by atoms with Gasteiger partial charge in [-0.25, -0.2) is 4.79 Å². The van der Waals surface area contributed by atoms with Crippen molar-refractivity contribution < 1.29 is 19.4 Å². The van der Waals surface area contributed by atoms with E-state index in [9.17, 15) is 14.7 Å². The SMILES string of the molecule is CC(C)(C)[Si](C)(C)C#CC[C@@H](NC(=O)[C@@H]1CCCO1)C(=O)O. The minimum Gasteiger partial charge on any atom is -0.480 e. The van der Waals surface area contributed by atoms with Crippen LogP contribution in [0.2, 0.25) is 18.1 Å². The molecule has 0 aromatic rings. The molecule has 22 heavy (non-hydrogen) atoms. The van der Waals surface area contributed by atoms with Crippen LogP contribution in [-0.4, -0.2) is 43.8 Å². The number of amides is 1. The van der Waals surface area contributed by atoms with Gasteiger partial charge in [0, 0.05) is 13.0 Å². The predicted octanol–water partition coefficient (Wildman–Crippen LogP) is 2.18. The highest BCUT2D eigenvalue weighted by molar-refractivity contribution is 6.87. The minimum absolute atomic E-state index is 0.125. The van der Waals surface area contributed by atoms with E-state index < -0.39 is 26.2 Å². The van der Waals surface area contributed by atoms with Gasteiger partial charge in [-0.2, -0.15) is 0 Å². The molecule has 1 aliphatic rings. The Morgan fingerprint density at radius 2 is 2.05 bits per heavy atom. The summed E-state index contributed by atoms with van der Waals surface area (Å²) in [5.74, 6) is 1.58. The van der Waals surface area contributed by atoms with Crippen molar-refractivity contribution >= 4 is 20.0 Å². The van der Waals surface area contributed by atoms with Crippen LogP contribution in [0.15, 0.2) is 0 Å². The number of hydrogen-bond donors (Lipinski definition) is 2.